The molecule has 0 fully saturated rings. The molecule has 2 aromatic carbocycles. The molecule has 9 heteroatoms. The minimum absolute atomic E-state index is 0.00220. The summed E-state index contributed by atoms with van der Waals surface area (Å²) in [5.41, 5.74) is -0.789. The molecule has 0 aliphatic rings. The van der Waals surface area contributed by atoms with E-state index < -0.39 is 34.5 Å². The Balaban J connectivity index is 2.08. The average molecular weight is 438 g/mol. The molecule has 0 saturated heterocycles. The number of carbonyl (C=O) groups excluding carboxylic acids is 1. The molecule has 0 radical (unpaired) electrons. The molecule has 2 aromatic heterocycles. The first-order valence-corrected chi connectivity index (χ1v) is 9.45. The predicted octanol–water partition coefficient (Wildman–Crippen LogP) is 4.70. The van der Waals surface area contributed by atoms with Crippen molar-refractivity contribution in [1.82, 2.24) is 9.97 Å². The van der Waals surface area contributed by atoms with Crippen molar-refractivity contribution < 1.29 is 24.1 Å². The molecule has 0 unspecified atom stereocenters. The molecular formula is C22H13ClFN3O4. The van der Waals surface area contributed by atoms with E-state index in [2.05, 4.69) is 16.0 Å². The van der Waals surface area contributed by atoms with Crippen LogP contribution in [0.25, 0.3) is 32.9 Å². The van der Waals surface area contributed by atoms with Crippen LogP contribution in [-0.4, -0.2) is 32.8 Å². The van der Waals surface area contributed by atoms with Gasteiger partial charge in [0.1, 0.15) is 11.3 Å². The zero-order valence-electron chi connectivity index (χ0n) is 16.0. The van der Waals surface area contributed by atoms with Crippen molar-refractivity contribution in [1.29, 1.82) is 5.26 Å². The molecule has 4 aromatic rings. The van der Waals surface area contributed by atoms with E-state index in [0.717, 1.165) is 0 Å². The second kappa shape index (κ2) is 7.70. The topological polar surface area (TPSA) is 116 Å². The Labute approximate surface area is 179 Å². The van der Waals surface area contributed by atoms with Gasteiger partial charge in [0.2, 0.25) is 5.88 Å². The number of aromatic hydroxyl groups is 2. The quantitative estimate of drug-likeness (QED) is 0.446. The van der Waals surface area contributed by atoms with Gasteiger partial charge in [-0.25, -0.2) is 14.2 Å². The number of carbonyl (C=O) groups is 1. The molecule has 2 N–H and O–H groups in total. The molecule has 0 bridgehead atoms. The van der Waals surface area contributed by atoms with Gasteiger partial charge in [0.15, 0.2) is 11.4 Å². The minimum Gasteiger partial charge on any atom is -0.506 e. The van der Waals surface area contributed by atoms with Crippen molar-refractivity contribution >= 4 is 39.2 Å². The Morgan fingerprint density at radius 3 is 2.81 bits per heavy atom. The average Bonchev–Trinajstić information content (AvgIpc) is 2.74. The van der Waals surface area contributed by atoms with Crippen LogP contribution in [0.4, 0.5) is 4.39 Å². The monoisotopic (exact) mass is 437 g/mol. The number of benzene rings is 2. The van der Waals surface area contributed by atoms with Gasteiger partial charge in [-0.15, -0.1) is 0 Å². The zero-order chi connectivity index (χ0) is 22.3. The Bertz CT molecular complexity index is 1430. The lowest BCUT2D eigenvalue weighted by molar-refractivity contribution is 0.0519. The first-order valence-electron chi connectivity index (χ1n) is 9.08. The highest BCUT2D eigenvalue weighted by atomic mass is 35.5. The number of pyridine rings is 2. The number of rotatable bonds is 3. The molecule has 31 heavy (non-hydrogen) atoms. The zero-order valence-corrected chi connectivity index (χ0v) is 16.7. The van der Waals surface area contributed by atoms with Gasteiger partial charge in [-0.3, -0.25) is 4.98 Å². The Hall–Kier alpha value is -3.96. The van der Waals surface area contributed by atoms with Crippen molar-refractivity contribution in [3.8, 4) is 29.0 Å². The molecule has 0 spiro atoms. The SMILES string of the molecule is CCOC(=O)c1c(O)nc2c(F)c(-c3nccc4cccc(C#N)c34)c(Cl)cc2c1O. The van der Waals surface area contributed by atoms with E-state index in [1.54, 1.807) is 31.2 Å². The highest BCUT2D eigenvalue weighted by Gasteiger charge is 2.27. The number of halogens is 2. The maximum absolute atomic E-state index is 15.6. The number of fused-ring (bicyclic) bond motifs is 2. The van der Waals surface area contributed by atoms with E-state index >= 15 is 4.39 Å². The number of hydrogen-bond donors (Lipinski definition) is 2. The molecule has 7 nitrogen and oxygen atoms in total. The number of esters is 1. The highest BCUT2D eigenvalue weighted by Crippen LogP contribution is 2.42. The van der Waals surface area contributed by atoms with Crippen LogP contribution in [0.2, 0.25) is 5.02 Å². The van der Waals surface area contributed by atoms with E-state index in [4.69, 9.17) is 16.3 Å². The van der Waals surface area contributed by atoms with Crippen molar-refractivity contribution in [3.05, 3.63) is 58.5 Å². The summed E-state index contributed by atoms with van der Waals surface area (Å²) in [6.07, 6.45) is 1.45. The summed E-state index contributed by atoms with van der Waals surface area (Å²) in [6.45, 7) is 1.55. The summed E-state index contributed by atoms with van der Waals surface area (Å²) in [5, 5.41) is 30.9. The van der Waals surface area contributed by atoms with Gasteiger partial charge >= 0.3 is 5.97 Å². The van der Waals surface area contributed by atoms with Gasteiger partial charge in [0.25, 0.3) is 0 Å². The first kappa shape index (κ1) is 20.3. The fourth-order valence-corrected chi connectivity index (χ4v) is 3.70. The van der Waals surface area contributed by atoms with Crippen LogP contribution in [0, 0.1) is 17.1 Å². The van der Waals surface area contributed by atoms with Gasteiger partial charge in [-0.2, -0.15) is 5.26 Å². The van der Waals surface area contributed by atoms with Gasteiger partial charge < -0.3 is 14.9 Å². The third kappa shape index (κ3) is 3.16. The smallest absolute Gasteiger partial charge is 0.347 e. The Morgan fingerprint density at radius 2 is 2.10 bits per heavy atom. The van der Waals surface area contributed by atoms with Gasteiger partial charge in [0.05, 0.1) is 34.5 Å². The number of hydrogen-bond acceptors (Lipinski definition) is 7. The Kier molecular flexibility index (Phi) is 5.05. The maximum Gasteiger partial charge on any atom is 0.347 e. The molecule has 0 aliphatic carbocycles. The number of nitriles is 1. The third-order valence-corrected chi connectivity index (χ3v) is 5.05. The third-order valence-electron chi connectivity index (χ3n) is 4.75. The summed E-state index contributed by atoms with van der Waals surface area (Å²) >= 11 is 6.36. The van der Waals surface area contributed by atoms with E-state index in [9.17, 15) is 20.3 Å². The van der Waals surface area contributed by atoms with Crippen molar-refractivity contribution in [2.45, 2.75) is 6.92 Å². The van der Waals surface area contributed by atoms with Gasteiger partial charge in [-0.05, 0) is 30.5 Å². The maximum atomic E-state index is 15.6. The van der Waals surface area contributed by atoms with Gasteiger partial charge in [-0.1, -0.05) is 23.7 Å². The fourth-order valence-electron chi connectivity index (χ4n) is 3.42. The van der Waals surface area contributed by atoms with Crippen LogP contribution >= 0.6 is 11.6 Å². The van der Waals surface area contributed by atoms with Crippen LogP contribution in [0.1, 0.15) is 22.8 Å². The summed E-state index contributed by atoms with van der Waals surface area (Å²) in [6, 6.07) is 9.96. The number of nitrogens with zero attached hydrogens (tertiary/aromatic N) is 3. The molecule has 0 saturated carbocycles. The molecule has 4 rings (SSSR count). The van der Waals surface area contributed by atoms with E-state index in [-0.39, 0.29) is 33.8 Å². The van der Waals surface area contributed by atoms with E-state index in [0.29, 0.717) is 10.8 Å². The number of ether oxygens (including phenoxy) is 1. The fraction of sp³-hybridized carbons (Fsp3) is 0.0909. The summed E-state index contributed by atoms with van der Waals surface area (Å²) in [4.78, 5) is 20.0. The second-order valence-corrected chi connectivity index (χ2v) is 6.91. The van der Waals surface area contributed by atoms with Crippen LogP contribution in [-0.2, 0) is 4.74 Å². The van der Waals surface area contributed by atoms with Crippen LogP contribution in [0.5, 0.6) is 11.6 Å². The first-order chi connectivity index (χ1) is 14.9. The Morgan fingerprint density at radius 1 is 1.32 bits per heavy atom. The lowest BCUT2D eigenvalue weighted by Crippen LogP contribution is -2.07. The number of aromatic nitrogens is 2. The predicted molar refractivity (Wildman–Crippen MR) is 111 cm³/mol. The highest BCUT2D eigenvalue weighted by molar-refractivity contribution is 6.34. The molecule has 0 amide bonds. The summed E-state index contributed by atoms with van der Waals surface area (Å²) in [5.74, 6) is -3.59. The summed E-state index contributed by atoms with van der Waals surface area (Å²) < 4.78 is 20.4. The lowest BCUT2D eigenvalue weighted by atomic mass is 9.98. The normalized spacial score (nSPS) is 10.9. The molecule has 154 valence electrons. The van der Waals surface area contributed by atoms with Crippen LogP contribution in [0.3, 0.4) is 0 Å². The van der Waals surface area contributed by atoms with E-state index in [1.807, 2.05) is 0 Å². The van der Waals surface area contributed by atoms with Crippen molar-refractivity contribution in [2.75, 3.05) is 6.61 Å². The molecule has 2 heterocycles. The molecule has 0 atom stereocenters. The van der Waals surface area contributed by atoms with Gasteiger partial charge in [0, 0.05) is 17.0 Å². The minimum atomic E-state index is -1.01. The lowest BCUT2D eigenvalue weighted by Gasteiger charge is -2.14. The van der Waals surface area contributed by atoms with Crippen LogP contribution < -0.4 is 0 Å². The van der Waals surface area contributed by atoms with Crippen molar-refractivity contribution in [2.24, 2.45) is 0 Å². The van der Waals surface area contributed by atoms with E-state index in [1.165, 1.54) is 12.3 Å². The summed E-state index contributed by atoms with van der Waals surface area (Å²) in [7, 11) is 0. The molecular weight excluding hydrogens is 425 g/mol. The molecule has 0 aliphatic heterocycles. The van der Waals surface area contributed by atoms with Crippen molar-refractivity contribution in [3.63, 3.8) is 0 Å². The van der Waals surface area contributed by atoms with Crippen LogP contribution in [0.15, 0.2) is 36.5 Å². The second-order valence-electron chi connectivity index (χ2n) is 6.50. The standard InChI is InChI=1S/C22H13ClFN3O4/c1-2-31-22(30)16-20(28)12-8-13(23)15(17(24)18(12)27-21(16)29)19-14-10(6-7-26-19)4-3-5-11(14)9-25/h3-8H,2H2,1H3,(H2,27,28,29). The largest absolute Gasteiger partial charge is 0.506 e.